The second-order valence-electron chi connectivity index (χ2n) is 4.93. The Bertz CT molecular complexity index is 414. The first-order valence-corrected chi connectivity index (χ1v) is 5.92. The lowest BCUT2D eigenvalue weighted by atomic mass is 10.1. The highest BCUT2D eigenvalue weighted by Crippen LogP contribution is 2.49. The molecule has 4 nitrogen and oxygen atoms in total. The molecule has 1 heterocycles. The Morgan fingerprint density at radius 3 is 2.69 bits per heavy atom. The smallest absolute Gasteiger partial charge is 0.317 e. The molecule has 0 amide bonds. The van der Waals surface area contributed by atoms with Crippen LogP contribution in [0.4, 0.5) is 0 Å². The van der Waals surface area contributed by atoms with Crippen molar-refractivity contribution in [2.75, 3.05) is 0 Å². The fourth-order valence-electron chi connectivity index (χ4n) is 2.56. The second-order valence-corrected chi connectivity index (χ2v) is 4.93. The Morgan fingerprint density at radius 1 is 1.44 bits per heavy atom. The van der Waals surface area contributed by atoms with E-state index in [-0.39, 0.29) is 0 Å². The number of oxazole rings is 1. The number of hydrogen-bond donors (Lipinski definition) is 1. The monoisotopic (exact) mass is 221 g/mol. The van der Waals surface area contributed by atoms with Gasteiger partial charge in [0.15, 0.2) is 5.89 Å². The molecule has 0 bridgehead atoms. The van der Waals surface area contributed by atoms with Crippen molar-refractivity contribution < 1.29 is 14.3 Å². The minimum Gasteiger partial charge on any atom is -0.480 e. The molecular formula is C12H15NO3. The molecule has 2 aliphatic carbocycles. The van der Waals surface area contributed by atoms with Crippen LogP contribution in [0.3, 0.4) is 0 Å². The molecule has 0 atom stereocenters. The van der Waals surface area contributed by atoms with Crippen molar-refractivity contribution in [2.45, 2.75) is 49.9 Å². The van der Waals surface area contributed by atoms with E-state index in [1.165, 1.54) is 12.8 Å². The van der Waals surface area contributed by atoms with Crippen LogP contribution in [-0.4, -0.2) is 16.1 Å². The van der Waals surface area contributed by atoms with Gasteiger partial charge in [0.25, 0.3) is 0 Å². The van der Waals surface area contributed by atoms with Crippen LogP contribution >= 0.6 is 0 Å². The molecule has 1 aromatic heterocycles. The van der Waals surface area contributed by atoms with E-state index in [9.17, 15) is 4.79 Å². The summed E-state index contributed by atoms with van der Waals surface area (Å²) in [6.45, 7) is 0. The zero-order chi connectivity index (χ0) is 11.2. The number of aliphatic carboxylic acids is 1. The van der Waals surface area contributed by atoms with Crippen LogP contribution in [0.15, 0.2) is 10.6 Å². The largest absolute Gasteiger partial charge is 0.480 e. The van der Waals surface area contributed by atoms with Gasteiger partial charge in [-0.25, -0.2) is 4.98 Å². The Hall–Kier alpha value is -1.32. The van der Waals surface area contributed by atoms with E-state index in [0.717, 1.165) is 18.7 Å². The summed E-state index contributed by atoms with van der Waals surface area (Å²) < 4.78 is 5.66. The van der Waals surface area contributed by atoms with Gasteiger partial charge in [-0.15, -0.1) is 0 Å². The van der Waals surface area contributed by atoms with Gasteiger partial charge >= 0.3 is 5.97 Å². The first kappa shape index (κ1) is 9.87. The third kappa shape index (κ3) is 1.36. The van der Waals surface area contributed by atoms with Crippen molar-refractivity contribution >= 4 is 5.97 Å². The predicted molar refractivity (Wildman–Crippen MR) is 56.3 cm³/mol. The van der Waals surface area contributed by atoms with Gasteiger partial charge in [-0.3, -0.25) is 4.79 Å². The van der Waals surface area contributed by atoms with Crippen molar-refractivity contribution in [1.82, 2.24) is 4.98 Å². The number of carbonyl (C=O) groups is 1. The van der Waals surface area contributed by atoms with Crippen LogP contribution in [0.25, 0.3) is 0 Å². The Labute approximate surface area is 93.7 Å². The van der Waals surface area contributed by atoms with Gasteiger partial charge in [0.1, 0.15) is 11.2 Å². The summed E-state index contributed by atoms with van der Waals surface area (Å²) in [4.78, 5) is 15.4. The van der Waals surface area contributed by atoms with Crippen LogP contribution in [0.2, 0.25) is 0 Å². The van der Waals surface area contributed by atoms with Crippen molar-refractivity contribution in [3.8, 4) is 0 Å². The quantitative estimate of drug-likeness (QED) is 0.851. The van der Waals surface area contributed by atoms with E-state index < -0.39 is 11.4 Å². The van der Waals surface area contributed by atoms with E-state index in [1.54, 1.807) is 6.20 Å². The summed E-state index contributed by atoms with van der Waals surface area (Å²) in [5.74, 6) is 0.946. The van der Waals surface area contributed by atoms with E-state index in [4.69, 9.17) is 9.52 Å². The second kappa shape index (κ2) is 3.34. The van der Waals surface area contributed by atoms with Crippen molar-refractivity contribution in [1.29, 1.82) is 0 Å². The molecule has 2 saturated carbocycles. The van der Waals surface area contributed by atoms with Gasteiger partial charge in [0.2, 0.25) is 0 Å². The van der Waals surface area contributed by atoms with Gasteiger partial charge in [0, 0.05) is 5.92 Å². The Kier molecular flexibility index (Phi) is 2.06. The molecule has 4 heteroatoms. The van der Waals surface area contributed by atoms with Gasteiger partial charge in [0.05, 0.1) is 6.20 Å². The maximum Gasteiger partial charge on any atom is 0.317 e. The molecule has 1 N–H and O–H groups in total. The average Bonchev–Trinajstić information content (AvgIpc) is 2.75. The summed E-state index contributed by atoms with van der Waals surface area (Å²) in [6, 6.07) is 0. The van der Waals surface area contributed by atoms with Crippen molar-refractivity contribution in [3.05, 3.63) is 17.8 Å². The Morgan fingerprint density at radius 2 is 2.12 bits per heavy atom. The summed E-state index contributed by atoms with van der Waals surface area (Å²) in [6.07, 6.45) is 7.69. The summed E-state index contributed by atoms with van der Waals surface area (Å²) >= 11 is 0. The van der Waals surface area contributed by atoms with E-state index in [2.05, 4.69) is 4.98 Å². The normalized spacial score (nSPS) is 23.5. The van der Waals surface area contributed by atoms with Crippen LogP contribution in [0, 0.1) is 0 Å². The van der Waals surface area contributed by atoms with Gasteiger partial charge in [-0.2, -0.15) is 0 Å². The topological polar surface area (TPSA) is 63.3 Å². The molecular weight excluding hydrogens is 206 g/mol. The summed E-state index contributed by atoms with van der Waals surface area (Å²) in [5, 5.41) is 9.14. The zero-order valence-electron chi connectivity index (χ0n) is 9.11. The van der Waals surface area contributed by atoms with Crippen molar-refractivity contribution in [2.24, 2.45) is 0 Å². The molecule has 86 valence electrons. The standard InChI is InChI=1S/C12H15NO3/c14-11(15)12(5-6-12)9-7-13-10(16-9)8-3-1-2-4-8/h7-8H,1-6H2,(H,14,15). The minimum absolute atomic E-state index is 0.415. The lowest BCUT2D eigenvalue weighted by molar-refractivity contribution is -0.140. The van der Waals surface area contributed by atoms with Gasteiger partial charge < -0.3 is 9.52 Å². The molecule has 16 heavy (non-hydrogen) atoms. The number of aromatic nitrogens is 1. The first-order chi connectivity index (χ1) is 7.72. The molecule has 0 aliphatic heterocycles. The fourth-order valence-corrected chi connectivity index (χ4v) is 2.56. The Balaban J connectivity index is 1.85. The van der Waals surface area contributed by atoms with E-state index in [1.807, 2.05) is 0 Å². The molecule has 1 aromatic rings. The number of rotatable bonds is 3. The molecule has 2 fully saturated rings. The van der Waals surface area contributed by atoms with E-state index in [0.29, 0.717) is 24.5 Å². The third-order valence-corrected chi connectivity index (χ3v) is 3.86. The highest BCUT2D eigenvalue weighted by atomic mass is 16.4. The third-order valence-electron chi connectivity index (χ3n) is 3.86. The van der Waals surface area contributed by atoms with Crippen LogP contribution in [-0.2, 0) is 10.2 Å². The predicted octanol–water partition coefficient (Wildman–Crippen LogP) is 2.45. The van der Waals surface area contributed by atoms with Crippen LogP contribution in [0.5, 0.6) is 0 Å². The van der Waals surface area contributed by atoms with Gasteiger partial charge in [-0.1, -0.05) is 12.8 Å². The summed E-state index contributed by atoms with van der Waals surface area (Å²) in [7, 11) is 0. The summed E-state index contributed by atoms with van der Waals surface area (Å²) in [5.41, 5.74) is -0.746. The number of hydrogen-bond acceptors (Lipinski definition) is 3. The van der Waals surface area contributed by atoms with Crippen molar-refractivity contribution in [3.63, 3.8) is 0 Å². The maximum absolute atomic E-state index is 11.1. The molecule has 0 aromatic carbocycles. The molecule has 0 radical (unpaired) electrons. The van der Waals surface area contributed by atoms with Gasteiger partial charge in [-0.05, 0) is 25.7 Å². The molecule has 3 rings (SSSR count). The first-order valence-electron chi connectivity index (χ1n) is 5.92. The lowest BCUT2D eigenvalue weighted by Crippen LogP contribution is -2.18. The molecule has 2 aliphatic rings. The highest BCUT2D eigenvalue weighted by Gasteiger charge is 2.55. The molecule has 0 unspecified atom stereocenters. The number of nitrogens with zero attached hydrogens (tertiary/aromatic N) is 1. The number of carboxylic acids is 1. The number of carboxylic acid groups (broad SMARTS) is 1. The average molecular weight is 221 g/mol. The minimum atomic E-state index is -0.776. The lowest BCUT2D eigenvalue weighted by Gasteiger charge is -2.05. The molecule has 0 saturated heterocycles. The zero-order valence-corrected chi connectivity index (χ0v) is 9.11. The SMILES string of the molecule is O=C(O)C1(c2cnc(C3CCCC3)o2)CC1. The molecule has 0 spiro atoms. The van der Waals surface area contributed by atoms with E-state index >= 15 is 0 Å². The van der Waals surface area contributed by atoms with Crippen LogP contribution < -0.4 is 0 Å². The van der Waals surface area contributed by atoms with Crippen LogP contribution in [0.1, 0.15) is 56.1 Å². The highest BCUT2D eigenvalue weighted by molar-refractivity contribution is 5.83. The maximum atomic E-state index is 11.1. The fraction of sp³-hybridized carbons (Fsp3) is 0.667.